The normalized spacial score (nSPS) is 17.0. The van der Waals surface area contributed by atoms with E-state index in [0.29, 0.717) is 22.1 Å². The summed E-state index contributed by atoms with van der Waals surface area (Å²) in [6.45, 7) is 2.96. The topological polar surface area (TPSA) is 79.2 Å². The molecule has 1 atom stereocenters. The fraction of sp³-hybridized carbons (Fsp3) is 0.200. The van der Waals surface area contributed by atoms with Crippen molar-refractivity contribution in [1.29, 1.82) is 0 Å². The monoisotopic (exact) mass is 312 g/mol. The largest absolute Gasteiger partial charge is 0.476 e. The maximum Gasteiger partial charge on any atom is 0.365 e. The van der Waals surface area contributed by atoms with Gasteiger partial charge in [0.2, 0.25) is 5.01 Å². The SMILES string of the molecule is CC1CN(c2ncnc3sc(C(=O)O)nc23)c2ccccc21. The summed E-state index contributed by atoms with van der Waals surface area (Å²) in [5, 5.41) is 9.17. The summed E-state index contributed by atoms with van der Waals surface area (Å²) in [5.41, 5.74) is 2.91. The fourth-order valence-corrected chi connectivity index (χ4v) is 3.59. The van der Waals surface area contributed by atoms with Gasteiger partial charge in [0.25, 0.3) is 0 Å². The van der Waals surface area contributed by atoms with Gasteiger partial charge in [0, 0.05) is 18.2 Å². The third kappa shape index (κ3) is 1.86. The van der Waals surface area contributed by atoms with Crippen molar-refractivity contribution in [3.8, 4) is 0 Å². The van der Waals surface area contributed by atoms with E-state index in [-0.39, 0.29) is 5.01 Å². The summed E-state index contributed by atoms with van der Waals surface area (Å²) >= 11 is 1.07. The molecule has 0 aliphatic carbocycles. The van der Waals surface area contributed by atoms with Crippen LogP contribution >= 0.6 is 11.3 Å². The number of aromatic carboxylic acids is 1. The fourth-order valence-electron chi connectivity index (χ4n) is 2.85. The van der Waals surface area contributed by atoms with Crippen LogP contribution in [-0.4, -0.2) is 32.6 Å². The third-order valence-corrected chi connectivity index (χ3v) is 4.78. The highest BCUT2D eigenvalue weighted by molar-refractivity contribution is 7.19. The number of hydrogen-bond acceptors (Lipinski definition) is 6. The molecule has 4 rings (SSSR count). The predicted molar refractivity (Wildman–Crippen MR) is 84.0 cm³/mol. The van der Waals surface area contributed by atoms with Gasteiger partial charge in [0.15, 0.2) is 5.82 Å². The van der Waals surface area contributed by atoms with E-state index in [1.807, 2.05) is 12.1 Å². The quantitative estimate of drug-likeness (QED) is 0.783. The van der Waals surface area contributed by atoms with E-state index in [1.54, 1.807) is 0 Å². The maximum absolute atomic E-state index is 11.1. The summed E-state index contributed by atoms with van der Waals surface area (Å²) in [4.78, 5) is 26.5. The van der Waals surface area contributed by atoms with Crippen LogP contribution in [0.15, 0.2) is 30.6 Å². The van der Waals surface area contributed by atoms with E-state index in [4.69, 9.17) is 5.11 Å². The standard InChI is InChI=1S/C15H12N4O2S/c1-8-6-19(10-5-3-2-4-9(8)10)12-11-13(17-7-16-12)22-14(18-11)15(20)21/h2-5,7-8H,6H2,1H3,(H,20,21). The zero-order chi connectivity index (χ0) is 15.3. The second-order valence-electron chi connectivity index (χ2n) is 5.25. The number of carbonyl (C=O) groups is 1. The lowest BCUT2D eigenvalue weighted by atomic mass is 10.0. The van der Waals surface area contributed by atoms with Gasteiger partial charge in [-0.05, 0) is 11.6 Å². The Bertz CT molecular complexity index is 892. The molecule has 0 amide bonds. The second-order valence-corrected chi connectivity index (χ2v) is 6.22. The lowest BCUT2D eigenvalue weighted by Crippen LogP contribution is -2.16. The Kier molecular flexibility index (Phi) is 2.83. The van der Waals surface area contributed by atoms with Crippen LogP contribution in [0.3, 0.4) is 0 Å². The zero-order valence-corrected chi connectivity index (χ0v) is 12.5. The molecule has 2 aromatic heterocycles. The number of hydrogen-bond donors (Lipinski definition) is 1. The van der Waals surface area contributed by atoms with Crippen molar-refractivity contribution in [2.24, 2.45) is 0 Å². The number of aromatic nitrogens is 3. The smallest absolute Gasteiger partial charge is 0.365 e. The van der Waals surface area contributed by atoms with Crippen molar-refractivity contribution in [2.45, 2.75) is 12.8 Å². The zero-order valence-electron chi connectivity index (χ0n) is 11.7. The molecule has 1 aliphatic rings. The molecule has 3 aromatic rings. The van der Waals surface area contributed by atoms with Gasteiger partial charge >= 0.3 is 5.97 Å². The molecule has 0 saturated carbocycles. The van der Waals surface area contributed by atoms with Gasteiger partial charge in [-0.15, -0.1) is 0 Å². The number of thiazole rings is 1. The highest BCUT2D eigenvalue weighted by Gasteiger charge is 2.29. The van der Waals surface area contributed by atoms with Crippen LogP contribution < -0.4 is 4.90 Å². The van der Waals surface area contributed by atoms with E-state index < -0.39 is 5.97 Å². The van der Waals surface area contributed by atoms with E-state index in [0.717, 1.165) is 23.6 Å². The molecule has 1 aliphatic heterocycles. The molecule has 1 N–H and O–H groups in total. The Morgan fingerprint density at radius 1 is 1.36 bits per heavy atom. The van der Waals surface area contributed by atoms with Crippen LogP contribution in [0.4, 0.5) is 11.5 Å². The Morgan fingerprint density at radius 2 is 2.18 bits per heavy atom. The number of carboxylic acids is 1. The molecule has 6 nitrogen and oxygen atoms in total. The number of benzene rings is 1. The first-order valence-electron chi connectivity index (χ1n) is 6.86. The molecule has 1 aromatic carbocycles. The molecule has 0 radical (unpaired) electrons. The molecule has 3 heterocycles. The molecular formula is C15H12N4O2S. The van der Waals surface area contributed by atoms with Crippen LogP contribution in [0.25, 0.3) is 10.3 Å². The van der Waals surface area contributed by atoms with Crippen molar-refractivity contribution in [3.63, 3.8) is 0 Å². The maximum atomic E-state index is 11.1. The Labute approximate surface area is 130 Å². The van der Waals surface area contributed by atoms with Crippen LogP contribution in [0.1, 0.15) is 28.2 Å². The minimum Gasteiger partial charge on any atom is -0.476 e. The molecular weight excluding hydrogens is 300 g/mol. The van der Waals surface area contributed by atoms with Crippen molar-refractivity contribution in [1.82, 2.24) is 15.0 Å². The Morgan fingerprint density at radius 3 is 3.00 bits per heavy atom. The molecule has 0 fully saturated rings. The molecule has 110 valence electrons. The first-order valence-corrected chi connectivity index (χ1v) is 7.68. The van der Waals surface area contributed by atoms with Gasteiger partial charge in [-0.3, -0.25) is 0 Å². The third-order valence-electron chi connectivity index (χ3n) is 3.83. The number of rotatable bonds is 2. The number of fused-ring (bicyclic) bond motifs is 2. The van der Waals surface area contributed by atoms with Gasteiger partial charge in [0.1, 0.15) is 16.7 Å². The average molecular weight is 312 g/mol. The summed E-state index contributed by atoms with van der Waals surface area (Å²) in [5.74, 6) is 0.0217. The molecule has 0 spiro atoms. The molecule has 0 bridgehead atoms. The lowest BCUT2D eigenvalue weighted by molar-refractivity contribution is 0.0696. The van der Waals surface area contributed by atoms with Crippen LogP contribution in [0.2, 0.25) is 0 Å². The van der Waals surface area contributed by atoms with Crippen LogP contribution in [0, 0.1) is 0 Å². The van der Waals surface area contributed by atoms with Crippen LogP contribution in [-0.2, 0) is 0 Å². The van der Waals surface area contributed by atoms with Crippen molar-refractivity contribution < 1.29 is 9.90 Å². The van der Waals surface area contributed by atoms with Crippen molar-refractivity contribution in [3.05, 3.63) is 41.2 Å². The van der Waals surface area contributed by atoms with E-state index in [2.05, 4.69) is 38.9 Å². The van der Waals surface area contributed by atoms with E-state index in [1.165, 1.54) is 11.9 Å². The predicted octanol–water partition coefficient (Wildman–Crippen LogP) is 3.04. The minimum absolute atomic E-state index is 0.0391. The van der Waals surface area contributed by atoms with E-state index >= 15 is 0 Å². The van der Waals surface area contributed by atoms with Crippen molar-refractivity contribution >= 4 is 39.2 Å². The summed E-state index contributed by atoms with van der Waals surface area (Å²) in [6.07, 6.45) is 1.47. The molecule has 0 saturated heterocycles. The van der Waals surface area contributed by atoms with Crippen LogP contribution in [0.5, 0.6) is 0 Å². The molecule has 7 heteroatoms. The number of nitrogens with zero attached hydrogens (tertiary/aromatic N) is 4. The van der Waals surface area contributed by atoms with Crippen molar-refractivity contribution in [2.75, 3.05) is 11.4 Å². The number of anilines is 2. The summed E-state index contributed by atoms with van der Waals surface area (Å²) < 4.78 is 0. The highest BCUT2D eigenvalue weighted by Crippen LogP contribution is 2.41. The highest BCUT2D eigenvalue weighted by atomic mass is 32.1. The van der Waals surface area contributed by atoms with Gasteiger partial charge in [-0.1, -0.05) is 36.5 Å². The average Bonchev–Trinajstić information content (AvgIpc) is 3.09. The summed E-state index contributed by atoms with van der Waals surface area (Å²) in [7, 11) is 0. The Balaban J connectivity index is 1.90. The minimum atomic E-state index is -1.04. The second kappa shape index (κ2) is 4.74. The van der Waals surface area contributed by atoms with Gasteiger partial charge in [0.05, 0.1) is 0 Å². The van der Waals surface area contributed by atoms with Gasteiger partial charge in [-0.25, -0.2) is 19.7 Å². The first kappa shape index (κ1) is 13.1. The molecule has 22 heavy (non-hydrogen) atoms. The first-order chi connectivity index (χ1) is 10.6. The lowest BCUT2D eigenvalue weighted by Gasteiger charge is -2.18. The summed E-state index contributed by atoms with van der Waals surface area (Å²) in [6, 6.07) is 8.19. The van der Waals surface area contributed by atoms with Gasteiger partial charge < -0.3 is 10.0 Å². The number of carboxylic acid groups (broad SMARTS) is 1. The number of para-hydroxylation sites is 1. The Hall–Kier alpha value is -2.54. The molecule has 1 unspecified atom stereocenters. The van der Waals surface area contributed by atoms with Gasteiger partial charge in [-0.2, -0.15) is 0 Å². The van der Waals surface area contributed by atoms with E-state index in [9.17, 15) is 4.79 Å².